The highest BCUT2D eigenvalue weighted by Crippen LogP contribution is 2.41. The number of hydrogen-bond donors (Lipinski definition) is 3. The predicted octanol–water partition coefficient (Wildman–Crippen LogP) is 4.66. The van der Waals surface area contributed by atoms with Gasteiger partial charge in [-0.2, -0.15) is 4.98 Å². The Morgan fingerprint density at radius 2 is 1.53 bits per heavy atom. The molecule has 4 rings (SSSR count). The number of nitrogens with one attached hydrogen (secondary N) is 2. The maximum atomic E-state index is 12.0. The molecule has 176 valence electrons. The molecule has 2 aromatic carbocycles. The molecule has 3 aromatic rings. The Hall–Kier alpha value is -3.79. The van der Waals surface area contributed by atoms with Crippen molar-refractivity contribution in [2.45, 2.75) is 26.3 Å². The number of esters is 2. The molecular formula is C24H25N5O4S. The fourth-order valence-corrected chi connectivity index (χ4v) is 3.91. The van der Waals surface area contributed by atoms with Gasteiger partial charge >= 0.3 is 11.9 Å². The average molecular weight is 480 g/mol. The van der Waals surface area contributed by atoms with Crippen molar-refractivity contribution >= 4 is 53.4 Å². The van der Waals surface area contributed by atoms with Crippen LogP contribution in [-0.2, 0) is 9.47 Å². The van der Waals surface area contributed by atoms with Gasteiger partial charge in [0.2, 0.25) is 5.95 Å². The second-order valence-electron chi connectivity index (χ2n) is 7.41. The lowest BCUT2D eigenvalue weighted by Gasteiger charge is -2.22. The Morgan fingerprint density at radius 3 is 2.09 bits per heavy atom. The summed E-state index contributed by atoms with van der Waals surface area (Å²) in [4.78, 5) is 35.0. The highest BCUT2D eigenvalue weighted by molar-refractivity contribution is 7.81. The number of rotatable bonds is 7. The van der Waals surface area contributed by atoms with Crippen molar-refractivity contribution < 1.29 is 19.1 Å². The standard InChI is InChI=1S/C24H25N5O4S/c1-4-32-21(30)15-6-10-17(11-7-15)26-23-25-14(3)19-20(28-23)29(24(34)27-19)18-12-8-16(9-13-18)22(31)33-5-2/h6-13,24,27,34H,4-5H2,1-3H3,(H,25,26,28)/t24-/m0/s1. The van der Waals surface area contributed by atoms with Crippen molar-refractivity contribution in [1.82, 2.24) is 9.97 Å². The van der Waals surface area contributed by atoms with E-state index in [1.165, 1.54) is 0 Å². The summed E-state index contributed by atoms with van der Waals surface area (Å²) in [6.07, 6.45) is 0. The van der Waals surface area contributed by atoms with E-state index in [4.69, 9.17) is 14.5 Å². The summed E-state index contributed by atoms with van der Waals surface area (Å²) < 4.78 is 10.1. The molecule has 10 heteroatoms. The lowest BCUT2D eigenvalue weighted by molar-refractivity contribution is 0.0517. The van der Waals surface area contributed by atoms with E-state index in [9.17, 15) is 9.59 Å². The van der Waals surface area contributed by atoms with Crippen molar-refractivity contribution in [3.05, 3.63) is 65.4 Å². The zero-order valence-electron chi connectivity index (χ0n) is 19.0. The minimum absolute atomic E-state index is 0.320. The van der Waals surface area contributed by atoms with E-state index in [0.717, 1.165) is 22.8 Å². The smallest absolute Gasteiger partial charge is 0.338 e. The SMILES string of the molecule is CCOC(=O)c1ccc(Nc2nc(C)c3c(n2)N(c2ccc(C(=O)OCC)cc2)[C@@H](S)N3)cc1. The summed E-state index contributed by atoms with van der Waals surface area (Å²) >= 11 is 4.66. The molecule has 2 N–H and O–H groups in total. The van der Waals surface area contributed by atoms with E-state index in [0.29, 0.717) is 36.1 Å². The molecule has 0 saturated carbocycles. The van der Waals surface area contributed by atoms with Crippen molar-refractivity contribution in [3.8, 4) is 0 Å². The second kappa shape index (κ2) is 10.0. The molecule has 0 unspecified atom stereocenters. The molecule has 0 fully saturated rings. The first-order chi connectivity index (χ1) is 16.4. The van der Waals surface area contributed by atoms with Crippen LogP contribution >= 0.6 is 12.6 Å². The van der Waals surface area contributed by atoms with Crippen LogP contribution in [0.15, 0.2) is 48.5 Å². The van der Waals surface area contributed by atoms with Gasteiger partial charge in [0.25, 0.3) is 0 Å². The Labute approximate surface area is 202 Å². The third-order valence-corrected chi connectivity index (χ3v) is 5.49. The lowest BCUT2D eigenvalue weighted by Crippen LogP contribution is -2.26. The van der Waals surface area contributed by atoms with Gasteiger partial charge in [-0.15, -0.1) is 12.6 Å². The van der Waals surface area contributed by atoms with Gasteiger partial charge in [-0.25, -0.2) is 14.6 Å². The fraction of sp³-hybridized carbons (Fsp3) is 0.250. The van der Waals surface area contributed by atoms with Gasteiger partial charge < -0.3 is 20.1 Å². The van der Waals surface area contributed by atoms with E-state index in [-0.39, 0.29) is 17.4 Å². The first kappa shape index (κ1) is 23.4. The number of benzene rings is 2. The highest BCUT2D eigenvalue weighted by atomic mass is 32.1. The van der Waals surface area contributed by atoms with Crippen LogP contribution < -0.4 is 15.5 Å². The Bertz CT molecular complexity index is 1200. The minimum atomic E-state index is -0.366. The molecule has 1 aliphatic rings. The third kappa shape index (κ3) is 4.76. The fourth-order valence-electron chi connectivity index (χ4n) is 3.54. The van der Waals surface area contributed by atoms with Crippen molar-refractivity contribution in [3.63, 3.8) is 0 Å². The quantitative estimate of drug-likeness (QED) is 0.330. The lowest BCUT2D eigenvalue weighted by atomic mass is 10.2. The van der Waals surface area contributed by atoms with E-state index >= 15 is 0 Å². The normalized spacial score (nSPS) is 14.2. The number of aryl methyl sites for hydroxylation is 1. The summed E-state index contributed by atoms with van der Waals surface area (Å²) in [6.45, 7) is 6.07. The summed E-state index contributed by atoms with van der Waals surface area (Å²) in [7, 11) is 0. The van der Waals surface area contributed by atoms with E-state index < -0.39 is 0 Å². The van der Waals surface area contributed by atoms with Crippen LogP contribution in [0.3, 0.4) is 0 Å². The topological polar surface area (TPSA) is 106 Å². The molecule has 34 heavy (non-hydrogen) atoms. The number of carbonyl (C=O) groups is 2. The van der Waals surface area contributed by atoms with E-state index in [1.807, 2.05) is 24.0 Å². The van der Waals surface area contributed by atoms with Gasteiger partial charge in [0.15, 0.2) is 11.3 Å². The third-order valence-electron chi connectivity index (χ3n) is 5.13. The molecule has 0 amide bonds. The van der Waals surface area contributed by atoms with Crippen LogP contribution in [0.5, 0.6) is 0 Å². The van der Waals surface area contributed by atoms with Gasteiger partial charge in [-0.05, 0) is 69.3 Å². The van der Waals surface area contributed by atoms with Crippen LogP contribution in [0.4, 0.5) is 28.8 Å². The number of fused-ring (bicyclic) bond motifs is 1. The molecule has 0 saturated heterocycles. The summed E-state index contributed by atoms with van der Waals surface area (Å²) in [5.41, 5.74) is 3.64. The van der Waals surface area contributed by atoms with Crippen LogP contribution in [0.1, 0.15) is 40.3 Å². The molecule has 0 aliphatic carbocycles. The average Bonchev–Trinajstić information content (AvgIpc) is 3.16. The van der Waals surface area contributed by atoms with E-state index in [1.54, 1.807) is 50.2 Å². The summed E-state index contributed by atoms with van der Waals surface area (Å²) in [6, 6.07) is 14.0. The zero-order valence-corrected chi connectivity index (χ0v) is 19.9. The Balaban J connectivity index is 1.59. The van der Waals surface area contributed by atoms with Crippen molar-refractivity contribution in [2.75, 3.05) is 28.7 Å². The van der Waals surface area contributed by atoms with Gasteiger partial charge in [0.05, 0.1) is 30.0 Å². The van der Waals surface area contributed by atoms with Crippen molar-refractivity contribution in [2.24, 2.45) is 0 Å². The maximum Gasteiger partial charge on any atom is 0.338 e. The number of ether oxygens (including phenoxy) is 2. The summed E-state index contributed by atoms with van der Waals surface area (Å²) in [5, 5.41) is 6.47. The number of anilines is 5. The largest absolute Gasteiger partial charge is 0.462 e. The van der Waals surface area contributed by atoms with Crippen LogP contribution in [-0.4, -0.2) is 40.6 Å². The van der Waals surface area contributed by atoms with Gasteiger partial charge in [-0.3, -0.25) is 4.90 Å². The van der Waals surface area contributed by atoms with Crippen LogP contribution in [0.2, 0.25) is 0 Å². The number of aromatic nitrogens is 2. The monoisotopic (exact) mass is 479 g/mol. The Morgan fingerprint density at radius 1 is 0.971 bits per heavy atom. The molecule has 0 spiro atoms. The van der Waals surface area contributed by atoms with Crippen LogP contribution in [0.25, 0.3) is 0 Å². The Kier molecular flexibility index (Phi) is 6.87. The molecule has 1 aliphatic heterocycles. The predicted molar refractivity (Wildman–Crippen MR) is 133 cm³/mol. The minimum Gasteiger partial charge on any atom is -0.462 e. The van der Waals surface area contributed by atoms with Crippen LogP contribution in [0, 0.1) is 6.92 Å². The number of hydrogen-bond acceptors (Lipinski definition) is 10. The molecule has 0 radical (unpaired) electrons. The second-order valence-corrected chi connectivity index (χ2v) is 7.90. The summed E-state index contributed by atoms with van der Waals surface area (Å²) in [5.74, 6) is 0.323. The molecule has 1 atom stereocenters. The number of thiol groups is 1. The molecule has 0 bridgehead atoms. The molecule has 1 aromatic heterocycles. The van der Waals surface area contributed by atoms with Crippen molar-refractivity contribution in [1.29, 1.82) is 0 Å². The van der Waals surface area contributed by atoms with Gasteiger partial charge in [0.1, 0.15) is 5.69 Å². The molecule has 2 heterocycles. The van der Waals surface area contributed by atoms with Gasteiger partial charge in [-0.1, -0.05) is 0 Å². The first-order valence-corrected chi connectivity index (χ1v) is 11.4. The van der Waals surface area contributed by atoms with E-state index in [2.05, 4.69) is 28.2 Å². The maximum absolute atomic E-state index is 12.0. The molecular weight excluding hydrogens is 454 g/mol. The zero-order chi connectivity index (χ0) is 24.2. The first-order valence-electron chi connectivity index (χ1n) is 10.8. The highest BCUT2D eigenvalue weighted by Gasteiger charge is 2.31. The molecule has 9 nitrogen and oxygen atoms in total. The number of carbonyl (C=O) groups excluding carboxylic acids is 2. The number of nitrogens with zero attached hydrogens (tertiary/aromatic N) is 3. The van der Waals surface area contributed by atoms with Gasteiger partial charge in [0, 0.05) is 11.4 Å².